The minimum absolute atomic E-state index is 0.0846. The fourth-order valence-corrected chi connectivity index (χ4v) is 1.94. The highest BCUT2D eigenvalue weighted by Crippen LogP contribution is 2.20. The van der Waals surface area contributed by atoms with Crippen molar-refractivity contribution in [3.8, 4) is 0 Å². The Balaban J connectivity index is 2.30. The van der Waals surface area contributed by atoms with Gasteiger partial charge in [-0.15, -0.1) is 0 Å². The molecule has 6 heteroatoms. The zero-order chi connectivity index (χ0) is 15.6. The van der Waals surface area contributed by atoms with Crippen LogP contribution in [0.15, 0.2) is 24.4 Å². The third-order valence-electron chi connectivity index (χ3n) is 2.93. The summed E-state index contributed by atoms with van der Waals surface area (Å²) in [7, 11) is 0. The number of aryl methyl sites for hydroxylation is 1. The Morgan fingerprint density at radius 2 is 2.10 bits per heavy atom. The Bertz CT molecular complexity index is 689. The van der Waals surface area contributed by atoms with Gasteiger partial charge in [-0.25, -0.2) is 14.4 Å². The molecule has 1 aromatic carbocycles. The lowest BCUT2D eigenvalue weighted by Crippen LogP contribution is -2.17. The van der Waals surface area contributed by atoms with Crippen LogP contribution >= 0.6 is 11.6 Å². The van der Waals surface area contributed by atoms with Gasteiger partial charge in [-0.3, -0.25) is 4.79 Å². The van der Waals surface area contributed by atoms with Crippen molar-refractivity contribution < 1.29 is 9.18 Å². The highest BCUT2D eigenvalue weighted by Gasteiger charge is 2.16. The maximum Gasteiger partial charge on any atom is 0.275 e. The molecule has 2 aromatic rings. The molecule has 0 radical (unpaired) electrons. The molecule has 1 aromatic heterocycles. The Labute approximate surface area is 127 Å². The second-order valence-corrected chi connectivity index (χ2v) is 5.40. The van der Waals surface area contributed by atoms with Gasteiger partial charge in [0.05, 0.1) is 11.2 Å². The highest BCUT2D eigenvalue weighted by atomic mass is 35.5. The van der Waals surface area contributed by atoms with Crippen LogP contribution in [0.2, 0.25) is 5.02 Å². The van der Waals surface area contributed by atoms with Crippen LogP contribution in [0.1, 0.15) is 41.6 Å². The minimum atomic E-state index is -0.445. The molecule has 0 atom stereocenters. The number of carbonyl (C=O) groups excluding carboxylic acids is 1. The van der Waals surface area contributed by atoms with E-state index < -0.39 is 5.91 Å². The topological polar surface area (TPSA) is 54.9 Å². The van der Waals surface area contributed by atoms with Gasteiger partial charge in [-0.05, 0) is 30.7 Å². The van der Waals surface area contributed by atoms with Crippen molar-refractivity contribution in [2.45, 2.75) is 26.7 Å². The summed E-state index contributed by atoms with van der Waals surface area (Å²) in [5, 5.41) is 2.86. The normalized spacial score (nSPS) is 10.8. The van der Waals surface area contributed by atoms with E-state index in [1.807, 2.05) is 13.8 Å². The van der Waals surface area contributed by atoms with E-state index in [0.29, 0.717) is 17.1 Å². The quantitative estimate of drug-likeness (QED) is 0.934. The monoisotopic (exact) mass is 307 g/mol. The molecular formula is C15H15ClFN3O. The average Bonchev–Trinajstić information content (AvgIpc) is 2.42. The van der Waals surface area contributed by atoms with Crippen LogP contribution in [0.5, 0.6) is 0 Å². The predicted molar refractivity (Wildman–Crippen MR) is 80.2 cm³/mol. The van der Waals surface area contributed by atoms with Crippen molar-refractivity contribution in [2.24, 2.45) is 0 Å². The maximum atomic E-state index is 13.1. The van der Waals surface area contributed by atoms with Crippen LogP contribution in [0.4, 0.5) is 10.1 Å². The lowest BCUT2D eigenvalue weighted by atomic mass is 10.2. The summed E-state index contributed by atoms with van der Waals surface area (Å²) in [5.41, 5.74) is 1.25. The first-order valence-electron chi connectivity index (χ1n) is 6.48. The van der Waals surface area contributed by atoms with Gasteiger partial charge in [-0.1, -0.05) is 25.4 Å². The number of aromatic nitrogens is 2. The number of carbonyl (C=O) groups is 1. The number of anilines is 1. The first kappa shape index (κ1) is 15.4. The first-order chi connectivity index (χ1) is 9.88. The van der Waals surface area contributed by atoms with Crippen LogP contribution in [0.3, 0.4) is 0 Å². The molecule has 1 heterocycles. The smallest absolute Gasteiger partial charge is 0.275 e. The summed E-state index contributed by atoms with van der Waals surface area (Å²) >= 11 is 5.98. The summed E-state index contributed by atoms with van der Waals surface area (Å²) in [6, 6.07) is 4.13. The predicted octanol–water partition coefficient (Wildman–Crippen LogP) is 3.95. The second kappa shape index (κ2) is 6.18. The summed E-state index contributed by atoms with van der Waals surface area (Å²) in [5.74, 6) is -0.173. The molecule has 1 amide bonds. The van der Waals surface area contributed by atoms with E-state index in [9.17, 15) is 9.18 Å². The largest absolute Gasteiger partial charge is 0.320 e. The Morgan fingerprint density at radius 3 is 2.71 bits per heavy atom. The number of amides is 1. The Hall–Kier alpha value is -2.01. The molecule has 2 rings (SSSR count). The molecule has 1 N–H and O–H groups in total. The summed E-state index contributed by atoms with van der Waals surface area (Å²) in [6.07, 6.45) is 1.41. The lowest BCUT2D eigenvalue weighted by molar-refractivity contribution is 0.102. The number of benzene rings is 1. The van der Waals surface area contributed by atoms with Gasteiger partial charge in [0, 0.05) is 11.6 Å². The number of nitrogens with one attached hydrogen (secondary N) is 1. The van der Waals surface area contributed by atoms with Gasteiger partial charge in [0.15, 0.2) is 5.69 Å². The molecule has 0 aliphatic rings. The van der Waals surface area contributed by atoms with E-state index in [2.05, 4.69) is 15.3 Å². The van der Waals surface area contributed by atoms with Gasteiger partial charge in [0.2, 0.25) is 0 Å². The molecular weight excluding hydrogens is 293 g/mol. The zero-order valence-electron chi connectivity index (χ0n) is 11.9. The highest BCUT2D eigenvalue weighted by molar-refractivity contribution is 6.33. The molecule has 110 valence electrons. The maximum absolute atomic E-state index is 13.1. The standard InChI is InChI=1S/C15H15ClFN3O/c1-8(2)14-18-7-11(16)13(20-14)15(21)19-12-5-4-10(17)6-9(12)3/h4-8H,1-3H3,(H,19,21). The Kier molecular flexibility index (Phi) is 4.53. The van der Waals surface area contributed by atoms with E-state index in [-0.39, 0.29) is 22.5 Å². The summed E-state index contributed by atoms with van der Waals surface area (Å²) in [4.78, 5) is 20.5. The van der Waals surface area contributed by atoms with Crippen LogP contribution in [0, 0.1) is 12.7 Å². The van der Waals surface area contributed by atoms with Gasteiger partial charge < -0.3 is 5.32 Å². The number of hydrogen-bond acceptors (Lipinski definition) is 3. The van der Waals surface area contributed by atoms with Crippen molar-refractivity contribution >= 4 is 23.2 Å². The van der Waals surface area contributed by atoms with E-state index >= 15 is 0 Å². The Morgan fingerprint density at radius 1 is 1.38 bits per heavy atom. The number of nitrogens with zero attached hydrogens (tertiary/aromatic N) is 2. The fraction of sp³-hybridized carbons (Fsp3) is 0.267. The van der Waals surface area contributed by atoms with E-state index in [1.165, 1.54) is 24.4 Å². The van der Waals surface area contributed by atoms with Crippen LogP contribution in [-0.2, 0) is 0 Å². The molecule has 0 saturated heterocycles. The van der Waals surface area contributed by atoms with Crippen molar-refractivity contribution in [3.63, 3.8) is 0 Å². The van der Waals surface area contributed by atoms with Gasteiger partial charge in [0.25, 0.3) is 5.91 Å². The lowest BCUT2D eigenvalue weighted by Gasteiger charge is -2.10. The fourth-order valence-electron chi connectivity index (χ4n) is 1.77. The van der Waals surface area contributed by atoms with Crippen LogP contribution in [-0.4, -0.2) is 15.9 Å². The molecule has 0 fully saturated rings. The number of rotatable bonds is 3. The molecule has 0 aliphatic carbocycles. The van der Waals surface area contributed by atoms with Gasteiger partial charge in [0.1, 0.15) is 11.6 Å². The van der Waals surface area contributed by atoms with Crippen LogP contribution in [0.25, 0.3) is 0 Å². The van der Waals surface area contributed by atoms with Crippen molar-refractivity contribution in [1.82, 2.24) is 9.97 Å². The van der Waals surface area contributed by atoms with E-state index in [4.69, 9.17) is 11.6 Å². The molecule has 0 spiro atoms. The van der Waals surface area contributed by atoms with Gasteiger partial charge >= 0.3 is 0 Å². The summed E-state index contributed by atoms with van der Waals surface area (Å²) < 4.78 is 13.1. The number of hydrogen-bond donors (Lipinski definition) is 1. The minimum Gasteiger partial charge on any atom is -0.320 e. The molecule has 0 bridgehead atoms. The van der Waals surface area contributed by atoms with Crippen LogP contribution < -0.4 is 5.32 Å². The molecule has 0 aliphatic heterocycles. The van der Waals surface area contributed by atoms with Gasteiger partial charge in [-0.2, -0.15) is 0 Å². The third kappa shape index (κ3) is 3.55. The van der Waals surface area contributed by atoms with E-state index in [0.717, 1.165) is 0 Å². The first-order valence-corrected chi connectivity index (χ1v) is 6.86. The van der Waals surface area contributed by atoms with E-state index in [1.54, 1.807) is 6.92 Å². The molecule has 0 saturated carbocycles. The second-order valence-electron chi connectivity index (χ2n) is 4.99. The average molecular weight is 308 g/mol. The van der Waals surface area contributed by atoms with Crippen molar-refractivity contribution in [1.29, 1.82) is 0 Å². The molecule has 0 unspecified atom stereocenters. The number of halogens is 2. The van der Waals surface area contributed by atoms with Crippen molar-refractivity contribution in [3.05, 3.63) is 52.3 Å². The molecule has 4 nitrogen and oxygen atoms in total. The zero-order valence-corrected chi connectivity index (χ0v) is 12.7. The summed E-state index contributed by atoms with van der Waals surface area (Å²) in [6.45, 7) is 5.56. The SMILES string of the molecule is Cc1cc(F)ccc1NC(=O)c1nc(C(C)C)ncc1Cl. The van der Waals surface area contributed by atoms with Crippen molar-refractivity contribution in [2.75, 3.05) is 5.32 Å². The molecule has 21 heavy (non-hydrogen) atoms. The third-order valence-corrected chi connectivity index (χ3v) is 3.21.